The van der Waals surface area contributed by atoms with Gasteiger partial charge in [0.15, 0.2) is 0 Å². The van der Waals surface area contributed by atoms with Crippen LogP contribution in [0.25, 0.3) is 6.08 Å². The van der Waals surface area contributed by atoms with Crippen molar-refractivity contribution in [3.63, 3.8) is 0 Å². The number of piperazine rings is 1. The van der Waals surface area contributed by atoms with Crippen molar-refractivity contribution in [1.82, 2.24) is 10.2 Å². The lowest BCUT2D eigenvalue weighted by molar-refractivity contribution is -0.147. The number of nitrogens with zero attached hydrogens (tertiary/aromatic N) is 1. The third kappa shape index (κ3) is 2.71. The fraction of sp³-hybridized carbons (Fsp3) is 0.154. The molecule has 0 spiro atoms. The van der Waals surface area contributed by atoms with E-state index in [1.807, 2.05) is 0 Å². The smallest absolute Gasteiger partial charge is 0.277 e. The summed E-state index contributed by atoms with van der Waals surface area (Å²) in [5.41, 5.74) is -0.303. The lowest BCUT2D eigenvalue weighted by Gasteiger charge is -2.25. The molecule has 20 heavy (non-hydrogen) atoms. The minimum atomic E-state index is -0.875. The van der Waals surface area contributed by atoms with E-state index in [0.717, 1.165) is 30.0 Å². The number of benzene rings is 1. The van der Waals surface area contributed by atoms with Crippen LogP contribution < -0.4 is 5.32 Å². The van der Waals surface area contributed by atoms with Crippen LogP contribution in [0, 0.1) is 11.6 Å². The zero-order valence-corrected chi connectivity index (χ0v) is 10.4. The standard InChI is InChI=1S/C13H10F2N2O3/c1-7(18)17-6-12(19)16-11(13(17)20)4-8-2-3-9(14)5-10(8)15/h2-5H,6H2,1H3,(H,16,19). The molecule has 1 heterocycles. The van der Waals surface area contributed by atoms with E-state index in [0.29, 0.717) is 6.07 Å². The van der Waals surface area contributed by atoms with Crippen LogP contribution in [-0.2, 0) is 14.4 Å². The third-order valence-corrected chi connectivity index (χ3v) is 2.69. The molecule has 1 aromatic rings. The first-order chi connectivity index (χ1) is 9.38. The van der Waals surface area contributed by atoms with E-state index >= 15 is 0 Å². The van der Waals surface area contributed by atoms with Gasteiger partial charge in [-0.25, -0.2) is 8.78 Å². The first-order valence-corrected chi connectivity index (χ1v) is 5.67. The number of carbonyl (C=O) groups is 3. The molecule has 0 radical (unpaired) electrons. The van der Waals surface area contributed by atoms with Gasteiger partial charge in [0.25, 0.3) is 5.91 Å². The monoisotopic (exact) mass is 280 g/mol. The first-order valence-electron chi connectivity index (χ1n) is 5.67. The summed E-state index contributed by atoms with van der Waals surface area (Å²) in [5, 5.41) is 2.26. The molecule has 104 valence electrons. The Labute approximate surface area is 112 Å². The second-order valence-corrected chi connectivity index (χ2v) is 4.18. The predicted octanol–water partition coefficient (Wildman–Crippen LogP) is 0.811. The Bertz CT molecular complexity index is 641. The summed E-state index contributed by atoms with van der Waals surface area (Å²) >= 11 is 0. The maximum absolute atomic E-state index is 13.5. The van der Waals surface area contributed by atoms with E-state index in [9.17, 15) is 23.2 Å². The lowest BCUT2D eigenvalue weighted by atomic mass is 10.1. The van der Waals surface area contributed by atoms with Crippen molar-refractivity contribution in [3.05, 3.63) is 41.1 Å². The largest absolute Gasteiger partial charge is 0.320 e. The van der Waals surface area contributed by atoms with Crippen molar-refractivity contribution in [2.45, 2.75) is 6.92 Å². The van der Waals surface area contributed by atoms with Gasteiger partial charge in [-0.15, -0.1) is 0 Å². The van der Waals surface area contributed by atoms with Gasteiger partial charge in [0.2, 0.25) is 11.8 Å². The number of halogens is 2. The van der Waals surface area contributed by atoms with Crippen LogP contribution in [0.5, 0.6) is 0 Å². The maximum atomic E-state index is 13.5. The number of imide groups is 1. The van der Waals surface area contributed by atoms with Crippen LogP contribution in [0.2, 0.25) is 0 Å². The summed E-state index contributed by atoms with van der Waals surface area (Å²) in [6.45, 7) is 0.768. The SMILES string of the molecule is CC(=O)N1CC(=O)NC(=Cc2ccc(F)cc2F)C1=O. The highest BCUT2D eigenvalue weighted by Gasteiger charge is 2.30. The van der Waals surface area contributed by atoms with Crippen LogP contribution in [0.4, 0.5) is 8.78 Å². The summed E-state index contributed by atoms with van der Waals surface area (Å²) in [6.07, 6.45) is 1.06. The molecule has 1 aliphatic heterocycles. The van der Waals surface area contributed by atoms with Gasteiger partial charge in [-0.3, -0.25) is 19.3 Å². The zero-order valence-electron chi connectivity index (χ0n) is 10.4. The maximum Gasteiger partial charge on any atom is 0.277 e. The number of amides is 3. The van der Waals surface area contributed by atoms with E-state index < -0.39 is 29.4 Å². The molecule has 1 aromatic carbocycles. The second kappa shape index (κ2) is 5.20. The van der Waals surface area contributed by atoms with Gasteiger partial charge < -0.3 is 5.32 Å². The average molecular weight is 280 g/mol. The summed E-state index contributed by atoms with van der Waals surface area (Å²) < 4.78 is 26.3. The molecule has 0 atom stereocenters. The summed E-state index contributed by atoms with van der Waals surface area (Å²) in [6, 6.07) is 2.81. The molecule has 0 aliphatic carbocycles. The normalized spacial score (nSPS) is 17.4. The second-order valence-electron chi connectivity index (χ2n) is 4.18. The number of hydrogen-bond acceptors (Lipinski definition) is 3. The number of hydrogen-bond donors (Lipinski definition) is 1. The molecule has 5 nitrogen and oxygen atoms in total. The number of rotatable bonds is 1. The third-order valence-electron chi connectivity index (χ3n) is 2.69. The van der Waals surface area contributed by atoms with Crippen molar-refractivity contribution in [2.75, 3.05) is 6.54 Å². The molecule has 7 heteroatoms. The molecule has 1 N–H and O–H groups in total. The molecule has 0 unspecified atom stereocenters. The summed E-state index contributed by atoms with van der Waals surface area (Å²) in [5.74, 6) is -3.52. The van der Waals surface area contributed by atoms with Gasteiger partial charge >= 0.3 is 0 Å². The van der Waals surface area contributed by atoms with Crippen LogP contribution >= 0.6 is 0 Å². The Hall–Kier alpha value is -2.57. The number of nitrogens with one attached hydrogen (secondary N) is 1. The minimum Gasteiger partial charge on any atom is -0.320 e. The molecule has 0 aromatic heterocycles. The molecule has 1 saturated heterocycles. The van der Waals surface area contributed by atoms with Gasteiger partial charge in [0.05, 0.1) is 0 Å². The minimum absolute atomic E-state index is 0.0690. The topological polar surface area (TPSA) is 66.5 Å². The molecule has 0 bridgehead atoms. The van der Waals surface area contributed by atoms with Gasteiger partial charge in [-0.05, 0) is 18.2 Å². The Kier molecular flexibility index (Phi) is 3.60. The Balaban J connectivity index is 2.39. The van der Waals surface area contributed by atoms with E-state index in [1.165, 1.54) is 0 Å². The molecular formula is C13H10F2N2O3. The van der Waals surface area contributed by atoms with Gasteiger partial charge in [-0.1, -0.05) is 0 Å². The molecular weight excluding hydrogens is 270 g/mol. The molecule has 1 fully saturated rings. The van der Waals surface area contributed by atoms with Gasteiger partial charge in [0, 0.05) is 18.6 Å². The van der Waals surface area contributed by atoms with Crippen molar-refractivity contribution < 1.29 is 23.2 Å². The molecule has 2 rings (SSSR count). The fourth-order valence-electron chi connectivity index (χ4n) is 1.73. The quantitative estimate of drug-likeness (QED) is 0.774. The van der Waals surface area contributed by atoms with Crippen LogP contribution in [0.15, 0.2) is 23.9 Å². The van der Waals surface area contributed by atoms with Crippen molar-refractivity contribution in [2.24, 2.45) is 0 Å². The highest BCUT2D eigenvalue weighted by atomic mass is 19.1. The van der Waals surface area contributed by atoms with Crippen LogP contribution in [-0.4, -0.2) is 29.2 Å². The van der Waals surface area contributed by atoms with Crippen LogP contribution in [0.3, 0.4) is 0 Å². The first kappa shape index (κ1) is 13.9. The number of carbonyl (C=O) groups excluding carboxylic acids is 3. The van der Waals surface area contributed by atoms with Crippen LogP contribution in [0.1, 0.15) is 12.5 Å². The highest BCUT2D eigenvalue weighted by Crippen LogP contribution is 2.15. The average Bonchev–Trinajstić information content (AvgIpc) is 2.36. The summed E-state index contributed by atoms with van der Waals surface area (Å²) in [4.78, 5) is 35.3. The zero-order chi connectivity index (χ0) is 14.9. The van der Waals surface area contributed by atoms with E-state index in [2.05, 4.69) is 5.32 Å². The molecule has 3 amide bonds. The van der Waals surface area contributed by atoms with Crippen molar-refractivity contribution in [1.29, 1.82) is 0 Å². The Morgan fingerprint density at radius 1 is 1.35 bits per heavy atom. The lowest BCUT2D eigenvalue weighted by Crippen LogP contribution is -2.51. The fourth-order valence-corrected chi connectivity index (χ4v) is 1.73. The molecule has 0 saturated carbocycles. The highest BCUT2D eigenvalue weighted by molar-refractivity contribution is 6.12. The predicted molar refractivity (Wildman–Crippen MR) is 64.9 cm³/mol. The Morgan fingerprint density at radius 3 is 2.65 bits per heavy atom. The summed E-state index contributed by atoms with van der Waals surface area (Å²) in [7, 11) is 0. The van der Waals surface area contributed by atoms with Crippen molar-refractivity contribution >= 4 is 23.8 Å². The van der Waals surface area contributed by atoms with Crippen molar-refractivity contribution in [3.8, 4) is 0 Å². The van der Waals surface area contributed by atoms with E-state index in [1.54, 1.807) is 0 Å². The van der Waals surface area contributed by atoms with E-state index in [-0.39, 0.29) is 17.8 Å². The molecule has 1 aliphatic rings. The van der Waals surface area contributed by atoms with E-state index in [4.69, 9.17) is 0 Å². The Morgan fingerprint density at radius 2 is 2.05 bits per heavy atom. The van der Waals surface area contributed by atoms with Gasteiger partial charge in [0.1, 0.15) is 23.9 Å². The van der Waals surface area contributed by atoms with Gasteiger partial charge in [-0.2, -0.15) is 0 Å².